The van der Waals surface area contributed by atoms with E-state index in [1.165, 1.54) is 0 Å². The van der Waals surface area contributed by atoms with Crippen molar-refractivity contribution < 1.29 is 19.7 Å². The summed E-state index contributed by atoms with van der Waals surface area (Å²) in [5.41, 5.74) is 1.52. The molecular formula is C22H30N2O4. The Labute approximate surface area is 166 Å². The van der Waals surface area contributed by atoms with Gasteiger partial charge < -0.3 is 19.7 Å². The number of unbranched alkanes of at least 4 members (excludes halogenated alkanes) is 4. The van der Waals surface area contributed by atoms with Gasteiger partial charge in [0.15, 0.2) is 0 Å². The second-order valence-electron chi connectivity index (χ2n) is 6.45. The fraction of sp³-hybridized carbons (Fsp3) is 0.455. The van der Waals surface area contributed by atoms with Gasteiger partial charge in [-0.25, -0.2) is 0 Å². The molecule has 0 saturated carbocycles. The summed E-state index contributed by atoms with van der Waals surface area (Å²) in [7, 11) is 0. The van der Waals surface area contributed by atoms with Crippen LogP contribution in [0.5, 0.6) is 11.5 Å². The van der Waals surface area contributed by atoms with Crippen molar-refractivity contribution in [3.05, 3.63) is 48.5 Å². The number of aliphatic hydroxyl groups is 2. The molecule has 0 fully saturated rings. The first-order valence-corrected chi connectivity index (χ1v) is 9.91. The lowest BCUT2D eigenvalue weighted by Crippen LogP contribution is -1.97. The summed E-state index contributed by atoms with van der Waals surface area (Å²) in [6, 6.07) is 15.0. The van der Waals surface area contributed by atoms with Gasteiger partial charge in [-0.05, 0) is 87.1 Å². The van der Waals surface area contributed by atoms with Crippen molar-refractivity contribution in [2.45, 2.75) is 38.5 Å². The minimum absolute atomic E-state index is 0.237. The Bertz CT molecular complexity index is 612. The van der Waals surface area contributed by atoms with E-state index in [-0.39, 0.29) is 13.2 Å². The number of nitrogens with zero attached hydrogens (tertiary/aromatic N) is 2. The summed E-state index contributed by atoms with van der Waals surface area (Å²) in [6.45, 7) is 1.77. The highest BCUT2D eigenvalue weighted by Gasteiger charge is 1.97. The Kier molecular flexibility index (Phi) is 10.7. The third kappa shape index (κ3) is 8.97. The Morgan fingerprint density at radius 1 is 0.536 bits per heavy atom. The highest BCUT2D eigenvalue weighted by Crippen LogP contribution is 2.23. The van der Waals surface area contributed by atoms with Crippen LogP contribution in [-0.2, 0) is 0 Å². The molecule has 0 aromatic heterocycles. The fourth-order valence-electron chi connectivity index (χ4n) is 2.49. The topological polar surface area (TPSA) is 83.6 Å². The van der Waals surface area contributed by atoms with Crippen molar-refractivity contribution in [2.24, 2.45) is 10.2 Å². The van der Waals surface area contributed by atoms with Crippen molar-refractivity contribution in [1.29, 1.82) is 0 Å². The van der Waals surface area contributed by atoms with Gasteiger partial charge in [-0.2, -0.15) is 10.2 Å². The second-order valence-corrected chi connectivity index (χ2v) is 6.45. The van der Waals surface area contributed by atoms with E-state index in [2.05, 4.69) is 10.2 Å². The van der Waals surface area contributed by atoms with Crippen LogP contribution in [0.1, 0.15) is 38.5 Å². The first-order valence-electron chi connectivity index (χ1n) is 9.91. The van der Waals surface area contributed by atoms with Crippen molar-refractivity contribution in [3.8, 4) is 11.5 Å². The fourth-order valence-corrected chi connectivity index (χ4v) is 2.49. The number of rotatable bonds is 14. The molecule has 0 aliphatic rings. The summed E-state index contributed by atoms with van der Waals surface area (Å²) in [5, 5.41) is 26.0. The molecule has 6 heteroatoms. The molecule has 0 atom stereocenters. The summed E-state index contributed by atoms with van der Waals surface area (Å²) in [5.74, 6) is 1.62. The number of hydrogen-bond acceptors (Lipinski definition) is 6. The number of benzene rings is 2. The lowest BCUT2D eigenvalue weighted by Gasteiger charge is -2.06. The monoisotopic (exact) mass is 386 g/mol. The van der Waals surface area contributed by atoms with Gasteiger partial charge in [-0.3, -0.25) is 0 Å². The number of ether oxygens (including phenoxy) is 2. The zero-order valence-electron chi connectivity index (χ0n) is 16.3. The van der Waals surface area contributed by atoms with Gasteiger partial charge in [0.2, 0.25) is 0 Å². The molecular weight excluding hydrogens is 356 g/mol. The molecule has 6 nitrogen and oxygen atoms in total. The van der Waals surface area contributed by atoms with E-state index in [0.29, 0.717) is 13.2 Å². The van der Waals surface area contributed by atoms with Crippen molar-refractivity contribution in [3.63, 3.8) is 0 Å². The molecule has 0 radical (unpaired) electrons. The summed E-state index contributed by atoms with van der Waals surface area (Å²) < 4.78 is 11.3. The molecule has 28 heavy (non-hydrogen) atoms. The van der Waals surface area contributed by atoms with Crippen molar-refractivity contribution >= 4 is 11.4 Å². The van der Waals surface area contributed by atoms with E-state index in [0.717, 1.165) is 61.4 Å². The minimum Gasteiger partial charge on any atom is -0.494 e. The van der Waals surface area contributed by atoms with Crippen LogP contribution in [0.4, 0.5) is 11.4 Å². The molecule has 2 aromatic carbocycles. The van der Waals surface area contributed by atoms with Crippen LogP contribution >= 0.6 is 0 Å². The maximum Gasteiger partial charge on any atom is 0.119 e. The maximum atomic E-state index is 8.75. The third-order valence-electron chi connectivity index (χ3n) is 4.10. The molecule has 152 valence electrons. The van der Waals surface area contributed by atoms with Crippen LogP contribution in [0, 0.1) is 0 Å². The summed E-state index contributed by atoms with van der Waals surface area (Å²) in [6.07, 6.45) is 5.45. The van der Waals surface area contributed by atoms with Crippen LogP contribution in [-0.4, -0.2) is 36.6 Å². The van der Waals surface area contributed by atoms with Crippen molar-refractivity contribution in [2.75, 3.05) is 26.4 Å². The standard InChI is InChI=1S/C22H30N2O4/c25-15-3-1-5-17-27-21-11-7-19(8-12-21)23-24-20-9-13-22(14-10-20)28-18-6-2-4-16-26/h7-14,25-26H,1-6,15-18H2. The van der Waals surface area contributed by atoms with Gasteiger partial charge >= 0.3 is 0 Å². The molecule has 0 aliphatic heterocycles. The summed E-state index contributed by atoms with van der Waals surface area (Å²) in [4.78, 5) is 0. The second kappa shape index (κ2) is 13.7. The predicted octanol–water partition coefficient (Wildman–Crippen LogP) is 5.18. The van der Waals surface area contributed by atoms with Gasteiger partial charge in [-0.1, -0.05) is 0 Å². The molecule has 2 N–H and O–H groups in total. The van der Waals surface area contributed by atoms with Crippen molar-refractivity contribution in [1.82, 2.24) is 0 Å². The minimum atomic E-state index is 0.237. The average molecular weight is 386 g/mol. The van der Waals surface area contributed by atoms with Crippen LogP contribution in [0.25, 0.3) is 0 Å². The molecule has 0 aliphatic carbocycles. The predicted molar refractivity (Wildman–Crippen MR) is 110 cm³/mol. The first kappa shape index (κ1) is 21.9. The highest BCUT2D eigenvalue weighted by atomic mass is 16.5. The number of azo groups is 1. The summed E-state index contributed by atoms with van der Waals surface area (Å²) >= 11 is 0. The quantitative estimate of drug-likeness (QED) is 0.346. The van der Waals surface area contributed by atoms with E-state index in [1.54, 1.807) is 0 Å². The smallest absolute Gasteiger partial charge is 0.119 e. The van der Waals surface area contributed by atoms with Gasteiger partial charge in [-0.15, -0.1) is 0 Å². The Morgan fingerprint density at radius 2 is 0.929 bits per heavy atom. The van der Waals surface area contributed by atoms with E-state index in [9.17, 15) is 0 Å². The molecule has 0 amide bonds. The lowest BCUT2D eigenvalue weighted by molar-refractivity contribution is 0.265. The highest BCUT2D eigenvalue weighted by molar-refractivity contribution is 5.44. The maximum absolute atomic E-state index is 8.75. The molecule has 0 heterocycles. The van der Waals surface area contributed by atoms with Gasteiger partial charge in [0.05, 0.1) is 24.6 Å². The van der Waals surface area contributed by atoms with Crippen LogP contribution in [0.3, 0.4) is 0 Å². The Hall–Kier alpha value is -2.44. The Morgan fingerprint density at radius 3 is 1.29 bits per heavy atom. The molecule has 0 unspecified atom stereocenters. The van der Waals surface area contributed by atoms with Crippen LogP contribution in [0.15, 0.2) is 58.8 Å². The zero-order valence-corrected chi connectivity index (χ0v) is 16.3. The van der Waals surface area contributed by atoms with E-state index < -0.39 is 0 Å². The normalized spacial score (nSPS) is 11.1. The molecule has 0 saturated heterocycles. The van der Waals surface area contributed by atoms with Gasteiger partial charge in [0.1, 0.15) is 11.5 Å². The van der Waals surface area contributed by atoms with Gasteiger partial charge in [0, 0.05) is 13.2 Å². The molecule has 2 aromatic rings. The average Bonchev–Trinajstić information content (AvgIpc) is 2.74. The number of aliphatic hydroxyl groups excluding tert-OH is 2. The first-order chi connectivity index (χ1) is 13.8. The van der Waals surface area contributed by atoms with E-state index in [1.807, 2.05) is 48.5 Å². The van der Waals surface area contributed by atoms with Crippen LogP contribution in [0.2, 0.25) is 0 Å². The molecule has 0 spiro atoms. The largest absolute Gasteiger partial charge is 0.494 e. The third-order valence-corrected chi connectivity index (χ3v) is 4.10. The number of hydrogen-bond donors (Lipinski definition) is 2. The van der Waals surface area contributed by atoms with E-state index in [4.69, 9.17) is 19.7 Å². The Balaban J connectivity index is 1.73. The van der Waals surface area contributed by atoms with Gasteiger partial charge in [0.25, 0.3) is 0 Å². The molecule has 0 bridgehead atoms. The molecule has 2 rings (SSSR count). The zero-order chi connectivity index (χ0) is 19.9. The van der Waals surface area contributed by atoms with Crippen LogP contribution < -0.4 is 9.47 Å². The SMILES string of the molecule is OCCCCCOc1ccc(N=Nc2ccc(OCCCCCO)cc2)cc1. The lowest BCUT2D eigenvalue weighted by atomic mass is 10.2. The van der Waals surface area contributed by atoms with E-state index >= 15 is 0 Å².